The summed E-state index contributed by atoms with van der Waals surface area (Å²) in [6.45, 7) is 9.41. The third-order valence-electron chi connectivity index (χ3n) is 6.83. The first-order valence-corrected chi connectivity index (χ1v) is 13.0. The Balaban J connectivity index is 2.04. The van der Waals surface area contributed by atoms with Gasteiger partial charge in [-0.1, -0.05) is 103 Å². The van der Waals surface area contributed by atoms with Crippen molar-refractivity contribution in [1.29, 1.82) is 0 Å². The molecule has 5 heteroatoms. The summed E-state index contributed by atoms with van der Waals surface area (Å²) >= 11 is 0. The first-order chi connectivity index (χ1) is 14.7. The monoisotopic (exact) mass is 438 g/mol. The summed E-state index contributed by atoms with van der Waals surface area (Å²) in [5.74, 6) is -0.611. The van der Waals surface area contributed by atoms with Gasteiger partial charge in [0.2, 0.25) is 0 Å². The number of carbonyl (C=O) groups is 2. The summed E-state index contributed by atoms with van der Waals surface area (Å²) in [4.78, 5) is 26.7. The molecule has 0 unspecified atom stereocenters. The van der Waals surface area contributed by atoms with E-state index in [4.69, 9.17) is 0 Å². The Morgan fingerprint density at radius 3 is 1.19 bits per heavy atom. The molecule has 0 aromatic rings. The quantitative estimate of drug-likeness (QED) is 0.199. The van der Waals surface area contributed by atoms with E-state index in [9.17, 15) is 14.8 Å². The lowest BCUT2D eigenvalue weighted by Crippen LogP contribution is -2.72. The van der Waals surface area contributed by atoms with Crippen LogP contribution in [-0.2, 0) is 9.59 Å². The van der Waals surface area contributed by atoms with Crippen molar-refractivity contribution in [2.24, 2.45) is 0 Å². The summed E-state index contributed by atoms with van der Waals surface area (Å²) in [6.07, 6.45) is 20.8. The molecule has 5 nitrogen and oxygen atoms in total. The second-order valence-corrected chi connectivity index (χ2v) is 10.5. The van der Waals surface area contributed by atoms with E-state index in [2.05, 4.69) is 6.92 Å². The fraction of sp³-hybridized carbons (Fsp3) is 0.923. The first-order valence-electron chi connectivity index (χ1n) is 13.0. The normalized spacial score (nSPS) is 18.7. The van der Waals surface area contributed by atoms with E-state index in [-0.39, 0.29) is 11.8 Å². The SMILES string of the molecule is CCCCCCCCCCCCCCCCCCN1C(=O)C(C)(C)N(O)C(C)(C)C1=O. The van der Waals surface area contributed by atoms with Crippen LogP contribution in [0.4, 0.5) is 0 Å². The maximum Gasteiger partial charge on any atom is 0.251 e. The zero-order valence-electron chi connectivity index (χ0n) is 21.2. The third kappa shape index (κ3) is 8.84. The van der Waals surface area contributed by atoms with Gasteiger partial charge in [0.15, 0.2) is 0 Å². The molecular formula is C26H50N2O3. The topological polar surface area (TPSA) is 60.9 Å². The van der Waals surface area contributed by atoms with E-state index >= 15 is 0 Å². The van der Waals surface area contributed by atoms with Crippen LogP contribution >= 0.6 is 0 Å². The van der Waals surface area contributed by atoms with Crippen molar-refractivity contribution in [2.45, 2.75) is 148 Å². The molecule has 0 aliphatic carbocycles. The second kappa shape index (κ2) is 14.3. The summed E-state index contributed by atoms with van der Waals surface area (Å²) in [6, 6.07) is 0. The molecule has 0 aromatic carbocycles. The molecule has 0 spiro atoms. The smallest absolute Gasteiger partial charge is 0.251 e. The molecule has 2 amide bonds. The standard InChI is InChI=1S/C26H50N2O3/c1-6-7-8-9-10-11-12-13-14-15-16-17-18-19-20-21-22-27-23(29)25(2,3)28(31)26(4,5)24(27)30/h31H,6-22H2,1-5H3. The highest BCUT2D eigenvalue weighted by Gasteiger charge is 2.55. The molecular weight excluding hydrogens is 388 g/mol. The number of imide groups is 1. The van der Waals surface area contributed by atoms with E-state index in [0.717, 1.165) is 24.3 Å². The van der Waals surface area contributed by atoms with Crippen LogP contribution in [0.1, 0.15) is 137 Å². The average molecular weight is 439 g/mol. The van der Waals surface area contributed by atoms with Crippen LogP contribution < -0.4 is 0 Å². The van der Waals surface area contributed by atoms with Crippen molar-refractivity contribution >= 4 is 11.8 Å². The Kier molecular flexibility index (Phi) is 12.9. The fourth-order valence-corrected chi connectivity index (χ4v) is 4.65. The molecule has 182 valence electrons. The van der Waals surface area contributed by atoms with E-state index in [1.54, 1.807) is 27.7 Å². The molecule has 0 bridgehead atoms. The van der Waals surface area contributed by atoms with Gasteiger partial charge in [-0.05, 0) is 34.1 Å². The Labute approximate surface area is 191 Å². The lowest BCUT2D eigenvalue weighted by atomic mass is 9.88. The number of hydrogen-bond acceptors (Lipinski definition) is 4. The van der Waals surface area contributed by atoms with E-state index in [0.29, 0.717) is 6.54 Å². The Bertz CT molecular complexity index is 503. The van der Waals surface area contributed by atoms with E-state index in [1.165, 1.54) is 88.4 Å². The largest absolute Gasteiger partial charge is 0.312 e. The molecule has 31 heavy (non-hydrogen) atoms. The average Bonchev–Trinajstić information content (AvgIpc) is 2.73. The Morgan fingerprint density at radius 2 is 0.871 bits per heavy atom. The van der Waals surface area contributed by atoms with Crippen molar-refractivity contribution in [2.75, 3.05) is 6.54 Å². The molecule has 1 aliphatic heterocycles. The Hall–Kier alpha value is -0.940. The summed E-state index contributed by atoms with van der Waals surface area (Å²) in [5.41, 5.74) is -2.15. The number of hydroxylamine groups is 2. The predicted molar refractivity (Wildman–Crippen MR) is 128 cm³/mol. The highest BCUT2D eigenvalue weighted by Crippen LogP contribution is 2.32. The van der Waals surface area contributed by atoms with E-state index in [1.807, 2.05) is 0 Å². The molecule has 1 fully saturated rings. The molecule has 1 aliphatic rings. The second-order valence-electron chi connectivity index (χ2n) is 10.5. The van der Waals surface area contributed by atoms with Crippen LogP contribution in [0.2, 0.25) is 0 Å². The van der Waals surface area contributed by atoms with Gasteiger partial charge in [-0.2, -0.15) is 5.06 Å². The van der Waals surface area contributed by atoms with Gasteiger partial charge in [0.25, 0.3) is 11.8 Å². The zero-order chi connectivity index (χ0) is 23.3. The van der Waals surface area contributed by atoms with Crippen LogP contribution in [0, 0.1) is 0 Å². The minimum atomic E-state index is -1.08. The van der Waals surface area contributed by atoms with Crippen LogP contribution in [-0.4, -0.2) is 44.6 Å². The van der Waals surface area contributed by atoms with Crippen molar-refractivity contribution in [1.82, 2.24) is 9.96 Å². The van der Waals surface area contributed by atoms with Gasteiger partial charge in [-0.25, -0.2) is 0 Å². The van der Waals surface area contributed by atoms with Gasteiger partial charge in [0.1, 0.15) is 11.1 Å². The van der Waals surface area contributed by atoms with Crippen molar-refractivity contribution in [3.63, 3.8) is 0 Å². The van der Waals surface area contributed by atoms with Crippen LogP contribution in [0.25, 0.3) is 0 Å². The van der Waals surface area contributed by atoms with Crippen LogP contribution in [0.3, 0.4) is 0 Å². The number of amides is 2. The van der Waals surface area contributed by atoms with Gasteiger partial charge < -0.3 is 5.21 Å². The molecule has 0 saturated carbocycles. The minimum Gasteiger partial charge on any atom is -0.312 e. The van der Waals surface area contributed by atoms with Crippen LogP contribution in [0.5, 0.6) is 0 Å². The molecule has 1 rings (SSSR count). The summed E-state index contributed by atoms with van der Waals surface area (Å²) < 4.78 is 0. The van der Waals surface area contributed by atoms with E-state index < -0.39 is 11.1 Å². The third-order valence-corrected chi connectivity index (χ3v) is 6.83. The van der Waals surface area contributed by atoms with Gasteiger partial charge in [0, 0.05) is 6.54 Å². The molecule has 0 aromatic heterocycles. The number of piperazine rings is 1. The van der Waals surface area contributed by atoms with Crippen molar-refractivity contribution in [3.05, 3.63) is 0 Å². The maximum atomic E-state index is 12.7. The number of rotatable bonds is 17. The first kappa shape index (κ1) is 28.1. The lowest BCUT2D eigenvalue weighted by Gasteiger charge is -2.49. The number of unbranched alkanes of at least 4 members (excludes halogenated alkanes) is 15. The molecule has 0 radical (unpaired) electrons. The predicted octanol–water partition coefficient (Wildman–Crippen LogP) is 6.87. The van der Waals surface area contributed by atoms with Crippen molar-refractivity contribution in [3.8, 4) is 0 Å². The van der Waals surface area contributed by atoms with Crippen molar-refractivity contribution < 1.29 is 14.8 Å². The molecule has 1 N–H and O–H groups in total. The van der Waals surface area contributed by atoms with Crippen LogP contribution in [0.15, 0.2) is 0 Å². The van der Waals surface area contributed by atoms with Gasteiger partial charge in [-0.3, -0.25) is 14.5 Å². The summed E-state index contributed by atoms with van der Waals surface area (Å²) in [5, 5.41) is 11.2. The summed E-state index contributed by atoms with van der Waals surface area (Å²) in [7, 11) is 0. The zero-order valence-corrected chi connectivity index (χ0v) is 21.2. The van der Waals surface area contributed by atoms with Gasteiger partial charge >= 0.3 is 0 Å². The van der Waals surface area contributed by atoms with Gasteiger partial charge in [0.05, 0.1) is 0 Å². The Morgan fingerprint density at radius 1 is 0.581 bits per heavy atom. The maximum absolute atomic E-state index is 12.7. The highest BCUT2D eigenvalue weighted by molar-refractivity contribution is 6.05. The number of nitrogens with zero attached hydrogens (tertiary/aromatic N) is 2. The molecule has 1 heterocycles. The number of carbonyl (C=O) groups excluding carboxylic acids is 2. The minimum absolute atomic E-state index is 0.305. The highest BCUT2D eigenvalue weighted by atomic mass is 16.5. The molecule has 0 atom stereocenters. The molecule has 1 saturated heterocycles. The number of hydrogen-bond donors (Lipinski definition) is 1. The van der Waals surface area contributed by atoms with Gasteiger partial charge in [-0.15, -0.1) is 0 Å². The lowest BCUT2D eigenvalue weighted by molar-refractivity contribution is -0.242. The fourth-order valence-electron chi connectivity index (χ4n) is 4.65.